The third-order valence-corrected chi connectivity index (χ3v) is 5.39. The van der Waals surface area contributed by atoms with Crippen LogP contribution in [0.4, 0.5) is 4.39 Å². The van der Waals surface area contributed by atoms with Gasteiger partial charge in [0.05, 0.1) is 5.69 Å². The Morgan fingerprint density at radius 1 is 1.00 bits per heavy atom. The van der Waals surface area contributed by atoms with Crippen molar-refractivity contribution in [1.82, 2.24) is 14.8 Å². The van der Waals surface area contributed by atoms with Crippen molar-refractivity contribution in [3.63, 3.8) is 0 Å². The molecule has 23 heavy (non-hydrogen) atoms. The maximum Gasteiger partial charge on any atom is 0.123 e. The van der Waals surface area contributed by atoms with E-state index in [4.69, 9.17) is 0 Å². The van der Waals surface area contributed by atoms with Gasteiger partial charge >= 0.3 is 0 Å². The molecule has 2 aliphatic heterocycles. The second-order valence-electron chi connectivity index (χ2n) is 6.50. The van der Waals surface area contributed by atoms with Crippen LogP contribution in [-0.4, -0.2) is 40.0 Å². The van der Waals surface area contributed by atoms with Crippen LogP contribution in [0.25, 0.3) is 0 Å². The van der Waals surface area contributed by atoms with Crippen molar-refractivity contribution in [2.24, 2.45) is 0 Å². The van der Waals surface area contributed by atoms with Crippen LogP contribution in [0.3, 0.4) is 0 Å². The molecule has 4 rings (SSSR count). The molecule has 0 amide bonds. The number of pyridine rings is 1. The number of hydrogen-bond donors (Lipinski definition) is 0. The summed E-state index contributed by atoms with van der Waals surface area (Å²) in [7, 11) is 0. The summed E-state index contributed by atoms with van der Waals surface area (Å²) >= 11 is 3.43. The quantitative estimate of drug-likeness (QED) is 0.815. The first-order chi connectivity index (χ1) is 11.2. The molecule has 0 saturated carbocycles. The Bertz CT molecular complexity index is 614. The highest BCUT2D eigenvalue weighted by atomic mass is 79.9. The maximum absolute atomic E-state index is 13.0. The summed E-state index contributed by atoms with van der Waals surface area (Å²) in [6, 6.07) is 12.3. The summed E-state index contributed by atoms with van der Waals surface area (Å²) < 4.78 is 14.0. The molecule has 2 atom stereocenters. The molecule has 2 aromatic rings. The minimum atomic E-state index is -0.162. The first-order valence-corrected chi connectivity index (χ1v) is 8.79. The zero-order valence-corrected chi connectivity index (χ0v) is 14.4. The smallest absolute Gasteiger partial charge is 0.123 e. The molecule has 1 aromatic heterocycles. The molecule has 2 bridgehead atoms. The normalized spacial score (nSPS) is 24.4. The van der Waals surface area contributed by atoms with Gasteiger partial charge in [0, 0.05) is 48.9 Å². The van der Waals surface area contributed by atoms with E-state index >= 15 is 0 Å². The van der Waals surface area contributed by atoms with Crippen molar-refractivity contribution < 1.29 is 4.39 Å². The van der Waals surface area contributed by atoms with Crippen LogP contribution in [0.5, 0.6) is 0 Å². The second-order valence-corrected chi connectivity index (χ2v) is 7.41. The van der Waals surface area contributed by atoms with E-state index in [9.17, 15) is 4.39 Å². The van der Waals surface area contributed by atoms with Crippen molar-refractivity contribution in [1.29, 1.82) is 0 Å². The summed E-state index contributed by atoms with van der Waals surface area (Å²) in [5, 5.41) is 0. The number of rotatable bonds is 4. The molecule has 3 heterocycles. The molecule has 2 saturated heterocycles. The van der Waals surface area contributed by atoms with Gasteiger partial charge in [0.2, 0.25) is 0 Å². The Kier molecular flexibility index (Phi) is 4.18. The highest BCUT2D eigenvalue weighted by Gasteiger charge is 2.42. The highest BCUT2D eigenvalue weighted by Crippen LogP contribution is 2.32. The first kappa shape index (κ1) is 15.2. The van der Waals surface area contributed by atoms with E-state index in [-0.39, 0.29) is 5.82 Å². The Labute approximate surface area is 144 Å². The van der Waals surface area contributed by atoms with Crippen LogP contribution in [-0.2, 0) is 13.1 Å². The van der Waals surface area contributed by atoms with Crippen molar-refractivity contribution in [2.45, 2.75) is 31.6 Å². The molecule has 3 nitrogen and oxygen atoms in total. The van der Waals surface area contributed by atoms with Gasteiger partial charge in [-0.05, 0) is 52.2 Å². The van der Waals surface area contributed by atoms with Crippen molar-refractivity contribution >= 4 is 15.9 Å². The van der Waals surface area contributed by atoms with E-state index in [0.29, 0.717) is 12.1 Å². The van der Waals surface area contributed by atoms with Crippen molar-refractivity contribution in [3.8, 4) is 0 Å². The SMILES string of the molecule is Fc1ccc(CN2CC3CC2CN3Cc2ccc(Br)cn2)cc1. The Morgan fingerprint density at radius 3 is 2.30 bits per heavy atom. The van der Waals surface area contributed by atoms with Crippen LogP contribution < -0.4 is 0 Å². The molecule has 0 spiro atoms. The number of halogens is 2. The maximum atomic E-state index is 13.0. The molecule has 0 radical (unpaired) electrons. The average Bonchev–Trinajstić information content (AvgIpc) is 3.12. The average molecular weight is 376 g/mol. The number of aromatic nitrogens is 1. The van der Waals surface area contributed by atoms with E-state index in [1.165, 1.54) is 12.0 Å². The lowest BCUT2D eigenvalue weighted by molar-refractivity contribution is 0.117. The minimum Gasteiger partial charge on any atom is -0.293 e. The van der Waals surface area contributed by atoms with E-state index in [1.807, 2.05) is 18.3 Å². The topological polar surface area (TPSA) is 19.4 Å². The molecular weight excluding hydrogens is 357 g/mol. The number of hydrogen-bond acceptors (Lipinski definition) is 3. The standard InChI is InChI=1S/C18H19BrFN3/c19-14-3-6-16(21-8-14)10-23-12-17-7-18(23)11-22(17)9-13-1-4-15(20)5-2-13/h1-6,8,17-18H,7,9-12H2. The van der Waals surface area contributed by atoms with Gasteiger partial charge in [-0.15, -0.1) is 0 Å². The molecule has 0 aliphatic carbocycles. The summed E-state index contributed by atoms with van der Waals surface area (Å²) in [5.74, 6) is -0.162. The lowest BCUT2D eigenvalue weighted by Crippen LogP contribution is -2.45. The fraction of sp³-hybridized carbons (Fsp3) is 0.389. The van der Waals surface area contributed by atoms with Crippen LogP contribution in [0, 0.1) is 5.82 Å². The number of benzene rings is 1. The summed E-state index contributed by atoms with van der Waals surface area (Å²) in [6.07, 6.45) is 3.10. The lowest BCUT2D eigenvalue weighted by Gasteiger charge is -2.34. The summed E-state index contributed by atoms with van der Waals surface area (Å²) in [6.45, 7) is 4.05. The predicted molar refractivity (Wildman–Crippen MR) is 91.4 cm³/mol. The monoisotopic (exact) mass is 375 g/mol. The molecule has 1 aromatic carbocycles. The van der Waals surface area contributed by atoms with E-state index in [0.717, 1.165) is 36.3 Å². The Morgan fingerprint density at radius 2 is 1.70 bits per heavy atom. The van der Waals surface area contributed by atoms with Gasteiger partial charge < -0.3 is 0 Å². The third kappa shape index (κ3) is 3.32. The van der Waals surface area contributed by atoms with Gasteiger partial charge in [0.15, 0.2) is 0 Å². The molecule has 2 unspecified atom stereocenters. The third-order valence-electron chi connectivity index (χ3n) is 4.92. The minimum absolute atomic E-state index is 0.162. The molecule has 120 valence electrons. The Hall–Kier alpha value is -1.30. The Balaban J connectivity index is 1.36. The zero-order chi connectivity index (χ0) is 15.8. The first-order valence-electron chi connectivity index (χ1n) is 8.00. The number of likely N-dealkylation sites (tertiary alicyclic amines) is 2. The van der Waals surface area contributed by atoms with E-state index in [2.05, 4.69) is 42.8 Å². The highest BCUT2D eigenvalue weighted by molar-refractivity contribution is 9.10. The second kappa shape index (κ2) is 6.30. The summed E-state index contributed by atoms with van der Waals surface area (Å²) in [5.41, 5.74) is 2.32. The van der Waals surface area contributed by atoms with Crippen molar-refractivity contribution in [2.75, 3.05) is 13.1 Å². The van der Waals surface area contributed by atoms with Crippen molar-refractivity contribution in [3.05, 3.63) is 64.1 Å². The van der Waals surface area contributed by atoms with Crippen LogP contribution in [0.15, 0.2) is 47.1 Å². The van der Waals surface area contributed by atoms with Crippen LogP contribution in [0.1, 0.15) is 17.7 Å². The lowest BCUT2D eigenvalue weighted by atomic mass is 10.2. The molecule has 2 aliphatic rings. The molecule has 5 heteroatoms. The fourth-order valence-corrected chi connectivity index (χ4v) is 3.99. The van der Waals surface area contributed by atoms with Gasteiger partial charge in [-0.3, -0.25) is 14.8 Å². The van der Waals surface area contributed by atoms with Gasteiger partial charge in [0.25, 0.3) is 0 Å². The van der Waals surface area contributed by atoms with Gasteiger partial charge in [-0.2, -0.15) is 0 Å². The predicted octanol–water partition coefficient (Wildman–Crippen LogP) is 3.44. The van der Waals surface area contributed by atoms with Crippen LogP contribution in [0.2, 0.25) is 0 Å². The summed E-state index contributed by atoms with van der Waals surface area (Å²) in [4.78, 5) is 9.56. The van der Waals surface area contributed by atoms with E-state index < -0.39 is 0 Å². The van der Waals surface area contributed by atoms with Crippen LogP contribution >= 0.6 is 15.9 Å². The number of nitrogens with zero attached hydrogens (tertiary/aromatic N) is 3. The number of piperazine rings is 1. The largest absolute Gasteiger partial charge is 0.293 e. The zero-order valence-electron chi connectivity index (χ0n) is 12.8. The number of fused-ring (bicyclic) bond motifs is 2. The molecule has 2 fully saturated rings. The molecular formula is C18H19BrFN3. The fourth-order valence-electron chi connectivity index (χ4n) is 3.75. The molecule has 0 N–H and O–H groups in total. The van der Waals surface area contributed by atoms with Gasteiger partial charge in [0.1, 0.15) is 5.82 Å². The van der Waals surface area contributed by atoms with E-state index in [1.54, 1.807) is 12.1 Å². The van der Waals surface area contributed by atoms with Gasteiger partial charge in [-0.25, -0.2) is 4.39 Å². The van der Waals surface area contributed by atoms with Gasteiger partial charge in [-0.1, -0.05) is 12.1 Å².